The Hall–Kier alpha value is -1.66. The number of benzene rings is 1. The number of rotatable bonds is 4. The quantitative estimate of drug-likeness (QED) is 0.448. The Balaban J connectivity index is 2.64. The molecule has 0 aliphatic heterocycles. The minimum absolute atomic E-state index is 0.0953. The third-order valence-corrected chi connectivity index (χ3v) is 2.07. The molecule has 0 amide bonds. The molecular weight excluding hydrogens is 188 g/mol. The van der Waals surface area contributed by atoms with Crippen molar-refractivity contribution in [2.24, 2.45) is 0 Å². The second kappa shape index (κ2) is 5.94. The minimum Gasteiger partial charge on any atom is -0.504 e. The summed E-state index contributed by atoms with van der Waals surface area (Å²) in [5.74, 6) is -0.193. The molecule has 0 bridgehead atoms. The molecular formula is C13H16O2. The van der Waals surface area contributed by atoms with Crippen molar-refractivity contribution in [3.8, 4) is 11.5 Å². The summed E-state index contributed by atoms with van der Waals surface area (Å²) in [6.07, 6.45) is 7.14. The van der Waals surface area contributed by atoms with Crippen LogP contribution in [0.1, 0.15) is 31.7 Å². The Morgan fingerprint density at radius 2 is 2.07 bits per heavy atom. The van der Waals surface area contributed by atoms with E-state index in [2.05, 4.69) is 12.7 Å². The molecule has 2 heteroatoms. The highest BCUT2D eigenvalue weighted by molar-refractivity contribution is 5.54. The van der Waals surface area contributed by atoms with Crippen molar-refractivity contribution in [3.63, 3.8) is 0 Å². The predicted octanol–water partition coefficient (Wildman–Crippen LogP) is 3.46. The summed E-state index contributed by atoms with van der Waals surface area (Å²) in [6, 6.07) is 4.71. The van der Waals surface area contributed by atoms with Crippen LogP contribution in [-0.2, 0) is 0 Å². The summed E-state index contributed by atoms with van der Waals surface area (Å²) in [7, 11) is 0. The number of hydrogen-bond donors (Lipinski definition) is 2. The monoisotopic (exact) mass is 204 g/mol. The first kappa shape index (κ1) is 11.4. The average Bonchev–Trinajstić information content (AvgIpc) is 2.23. The molecule has 0 aromatic heterocycles. The molecule has 0 saturated carbocycles. The van der Waals surface area contributed by atoms with Gasteiger partial charge in [0, 0.05) is 0 Å². The second-order valence-electron chi connectivity index (χ2n) is 3.41. The lowest BCUT2D eigenvalue weighted by Crippen LogP contribution is -1.72. The topological polar surface area (TPSA) is 40.5 Å². The summed E-state index contributed by atoms with van der Waals surface area (Å²) in [6.45, 7) is 2.15. The van der Waals surface area contributed by atoms with Crippen LogP contribution in [0, 0.1) is 0 Å². The highest BCUT2D eigenvalue weighted by Crippen LogP contribution is 2.25. The molecule has 0 radical (unpaired) electrons. The van der Waals surface area contributed by atoms with Crippen molar-refractivity contribution in [2.75, 3.05) is 0 Å². The molecule has 1 rings (SSSR count). The van der Waals surface area contributed by atoms with E-state index in [-0.39, 0.29) is 11.5 Å². The molecule has 2 nitrogen and oxygen atoms in total. The summed E-state index contributed by atoms with van der Waals surface area (Å²) < 4.78 is 0. The zero-order valence-corrected chi connectivity index (χ0v) is 8.90. The summed E-state index contributed by atoms with van der Waals surface area (Å²) >= 11 is 0. The molecule has 15 heavy (non-hydrogen) atoms. The van der Waals surface area contributed by atoms with Crippen LogP contribution < -0.4 is 0 Å². The van der Waals surface area contributed by atoms with Crippen LogP contribution in [0.5, 0.6) is 11.5 Å². The maximum Gasteiger partial charge on any atom is 0.158 e. The minimum atomic E-state index is -0.0980. The first-order valence-corrected chi connectivity index (χ1v) is 5.17. The van der Waals surface area contributed by atoms with E-state index in [0.29, 0.717) is 0 Å². The van der Waals surface area contributed by atoms with Gasteiger partial charge in [-0.25, -0.2) is 0 Å². The van der Waals surface area contributed by atoms with Crippen molar-refractivity contribution in [3.05, 3.63) is 35.6 Å². The first-order valence-electron chi connectivity index (χ1n) is 5.17. The van der Waals surface area contributed by atoms with E-state index in [1.54, 1.807) is 12.1 Å². The van der Waals surface area contributed by atoms with E-state index in [1.807, 2.05) is 6.08 Å². The van der Waals surface area contributed by atoms with Gasteiger partial charge in [0.2, 0.25) is 0 Å². The number of unbranched alkanes of at least 4 members (excludes halogenated alkanes) is 2. The summed E-state index contributed by atoms with van der Waals surface area (Å²) in [4.78, 5) is 0. The molecule has 0 saturated heterocycles. The average molecular weight is 204 g/mol. The van der Waals surface area contributed by atoms with Gasteiger partial charge in [0.15, 0.2) is 11.5 Å². The Kier molecular flexibility index (Phi) is 4.52. The van der Waals surface area contributed by atoms with Crippen LogP contribution in [0.4, 0.5) is 0 Å². The van der Waals surface area contributed by atoms with Crippen molar-refractivity contribution < 1.29 is 10.2 Å². The smallest absolute Gasteiger partial charge is 0.158 e. The second-order valence-corrected chi connectivity index (χ2v) is 3.41. The molecule has 80 valence electrons. The molecule has 1 aromatic rings. The fourth-order valence-electron chi connectivity index (χ4n) is 1.17. The maximum absolute atomic E-state index is 9.23. The molecule has 0 spiro atoms. The summed E-state index contributed by atoms with van der Waals surface area (Å²) in [5.41, 5.74) is 3.87. The summed E-state index contributed by atoms with van der Waals surface area (Å²) in [5, 5.41) is 18.3. The molecule has 1 aromatic carbocycles. The van der Waals surface area contributed by atoms with Crippen LogP contribution in [0.15, 0.2) is 30.0 Å². The van der Waals surface area contributed by atoms with E-state index >= 15 is 0 Å². The van der Waals surface area contributed by atoms with Crippen molar-refractivity contribution in [2.45, 2.75) is 26.2 Å². The van der Waals surface area contributed by atoms with Gasteiger partial charge in [-0.1, -0.05) is 19.4 Å². The van der Waals surface area contributed by atoms with Gasteiger partial charge in [-0.15, -0.1) is 5.73 Å². The largest absolute Gasteiger partial charge is 0.504 e. The fraction of sp³-hybridized carbons (Fsp3) is 0.308. The van der Waals surface area contributed by atoms with Crippen LogP contribution in [0.3, 0.4) is 0 Å². The van der Waals surface area contributed by atoms with Crippen LogP contribution in [0.2, 0.25) is 0 Å². The van der Waals surface area contributed by atoms with E-state index in [9.17, 15) is 5.11 Å². The highest BCUT2D eigenvalue weighted by Gasteiger charge is 1.96. The van der Waals surface area contributed by atoms with Gasteiger partial charge < -0.3 is 10.2 Å². The van der Waals surface area contributed by atoms with E-state index < -0.39 is 0 Å². The third kappa shape index (κ3) is 3.92. The van der Waals surface area contributed by atoms with Gasteiger partial charge in [-0.3, -0.25) is 0 Å². The van der Waals surface area contributed by atoms with Crippen molar-refractivity contribution in [1.29, 1.82) is 0 Å². The molecule has 0 fully saturated rings. The number of phenols is 2. The van der Waals surface area contributed by atoms with Crippen LogP contribution >= 0.6 is 0 Å². The SMILES string of the molecule is CCCCC=C=Cc1ccc(O)c(O)c1. The number of hydrogen-bond acceptors (Lipinski definition) is 2. The maximum atomic E-state index is 9.23. The van der Waals surface area contributed by atoms with Gasteiger partial charge in [0.1, 0.15) is 0 Å². The van der Waals surface area contributed by atoms with Gasteiger partial charge in [-0.05, 0) is 42.7 Å². The predicted molar refractivity (Wildman–Crippen MR) is 61.8 cm³/mol. The zero-order valence-electron chi connectivity index (χ0n) is 8.90. The lowest BCUT2D eigenvalue weighted by Gasteiger charge is -1.96. The molecule has 0 aliphatic carbocycles. The van der Waals surface area contributed by atoms with Crippen molar-refractivity contribution in [1.82, 2.24) is 0 Å². The standard InChI is InChI=1S/C13H16O2/c1-2-3-4-5-6-7-11-8-9-12(14)13(15)10-11/h5,7-10,14-15H,2-4H2,1H3. The first-order chi connectivity index (χ1) is 7.24. The molecule has 0 aliphatic rings. The van der Waals surface area contributed by atoms with Crippen molar-refractivity contribution >= 4 is 6.08 Å². The fourth-order valence-corrected chi connectivity index (χ4v) is 1.17. The molecule has 0 heterocycles. The normalized spacial score (nSPS) is 9.40. The lowest BCUT2D eigenvalue weighted by atomic mass is 10.2. The van der Waals surface area contributed by atoms with Gasteiger partial charge in [-0.2, -0.15) is 0 Å². The zero-order chi connectivity index (χ0) is 11.1. The molecule has 2 N–H and O–H groups in total. The van der Waals surface area contributed by atoms with Gasteiger partial charge >= 0.3 is 0 Å². The van der Waals surface area contributed by atoms with E-state index in [4.69, 9.17) is 5.11 Å². The lowest BCUT2D eigenvalue weighted by molar-refractivity contribution is 0.403. The third-order valence-electron chi connectivity index (χ3n) is 2.07. The number of phenolic OH excluding ortho intramolecular Hbond substituents is 2. The number of allylic oxidation sites excluding steroid dienone is 1. The Morgan fingerprint density at radius 3 is 2.73 bits per heavy atom. The Morgan fingerprint density at radius 1 is 1.27 bits per heavy atom. The van der Waals surface area contributed by atoms with E-state index in [0.717, 1.165) is 12.0 Å². The van der Waals surface area contributed by atoms with Crippen LogP contribution in [0.25, 0.3) is 6.08 Å². The van der Waals surface area contributed by atoms with Crippen LogP contribution in [-0.4, -0.2) is 10.2 Å². The van der Waals surface area contributed by atoms with Gasteiger partial charge in [0.25, 0.3) is 0 Å². The highest BCUT2D eigenvalue weighted by atomic mass is 16.3. The number of aromatic hydroxyl groups is 2. The molecule has 0 unspecified atom stereocenters. The van der Waals surface area contributed by atoms with Gasteiger partial charge in [0.05, 0.1) is 0 Å². The Labute approximate surface area is 90.2 Å². The Bertz CT molecular complexity index is 374. The molecule has 0 atom stereocenters. The van der Waals surface area contributed by atoms with E-state index in [1.165, 1.54) is 25.0 Å².